The van der Waals surface area contributed by atoms with Crippen LogP contribution in [0, 0.1) is 6.61 Å². The highest BCUT2D eigenvalue weighted by molar-refractivity contribution is 4.39. The Hall–Kier alpha value is -0.0400. The highest BCUT2D eigenvalue weighted by atomic mass is 16.2. The van der Waals surface area contributed by atoms with Crippen LogP contribution in [0.1, 0.15) is 19.8 Å². The van der Waals surface area contributed by atoms with Gasteiger partial charge < -0.3 is 5.11 Å². The van der Waals surface area contributed by atoms with Crippen LogP contribution in [-0.2, 0) is 0 Å². The Morgan fingerprint density at radius 1 is 1.80 bits per heavy atom. The summed E-state index contributed by atoms with van der Waals surface area (Å²) < 4.78 is 0. The topological polar surface area (TPSA) is 20.2 Å². The van der Waals surface area contributed by atoms with Crippen molar-refractivity contribution in [1.29, 1.82) is 0 Å². The Balaban J connectivity index is 2.19. The van der Waals surface area contributed by atoms with Gasteiger partial charge in [0, 0.05) is 0 Å². The zero-order valence-electron chi connectivity index (χ0n) is 3.44. The maximum atomic E-state index is 7.94. The average molecular weight is 73.1 g/mol. The van der Waals surface area contributed by atoms with Gasteiger partial charge in [0.25, 0.3) is 0 Å². The van der Waals surface area contributed by atoms with E-state index in [4.69, 9.17) is 5.11 Å². The van der Waals surface area contributed by atoms with Crippen LogP contribution in [0.15, 0.2) is 0 Å². The van der Waals surface area contributed by atoms with Gasteiger partial charge in [0.05, 0.1) is 0 Å². The standard InChI is InChI=1S/C4H9O/c1-2-3-4-5/h4-5H,2-3H2,1H3/q-1. The summed E-state index contributed by atoms with van der Waals surface area (Å²) in [6.45, 7) is 3.20. The molecule has 0 aliphatic carbocycles. The molecule has 0 heterocycles. The summed E-state index contributed by atoms with van der Waals surface area (Å²) >= 11 is 0. The summed E-state index contributed by atoms with van der Waals surface area (Å²) in [5, 5.41) is 7.94. The van der Waals surface area contributed by atoms with E-state index < -0.39 is 0 Å². The minimum absolute atomic E-state index is 0.819. The van der Waals surface area contributed by atoms with Crippen molar-refractivity contribution >= 4 is 0 Å². The molecule has 1 N–H and O–H groups in total. The van der Waals surface area contributed by atoms with Crippen molar-refractivity contribution in [2.45, 2.75) is 19.8 Å². The zero-order chi connectivity index (χ0) is 4.12. The van der Waals surface area contributed by atoms with E-state index in [9.17, 15) is 0 Å². The van der Waals surface area contributed by atoms with Gasteiger partial charge in [-0.15, -0.1) is 0 Å². The van der Waals surface area contributed by atoms with Crippen LogP contribution in [0.3, 0.4) is 0 Å². The molecular formula is C4H9O-. The molecule has 5 heavy (non-hydrogen) atoms. The van der Waals surface area contributed by atoms with Crippen LogP contribution in [0.25, 0.3) is 0 Å². The van der Waals surface area contributed by atoms with Gasteiger partial charge in [0.1, 0.15) is 0 Å². The molecule has 0 aliphatic heterocycles. The van der Waals surface area contributed by atoms with E-state index >= 15 is 0 Å². The van der Waals surface area contributed by atoms with Gasteiger partial charge in [-0.05, 0) is 0 Å². The molecule has 0 spiro atoms. The molecule has 0 aromatic rings. The third kappa shape index (κ3) is 3.96. The fourth-order valence-electron chi connectivity index (χ4n) is 0.129. The van der Waals surface area contributed by atoms with Gasteiger partial charge in [0.15, 0.2) is 0 Å². The normalized spacial score (nSPS) is 8.40. The predicted octanol–water partition coefficient (Wildman–Crippen LogP) is 1.32. The van der Waals surface area contributed by atoms with Crippen LogP contribution < -0.4 is 0 Å². The number of rotatable bonds is 2. The lowest BCUT2D eigenvalue weighted by atomic mass is 10.4. The summed E-state index contributed by atoms with van der Waals surface area (Å²) in [5.74, 6) is 0. The summed E-state index contributed by atoms with van der Waals surface area (Å²) in [7, 11) is 0. The van der Waals surface area contributed by atoms with E-state index in [1.807, 2.05) is 6.92 Å². The summed E-state index contributed by atoms with van der Waals surface area (Å²) in [5.41, 5.74) is 0. The lowest BCUT2D eigenvalue weighted by Gasteiger charge is -1.93. The van der Waals surface area contributed by atoms with Crippen molar-refractivity contribution in [2.24, 2.45) is 0 Å². The molecule has 0 atom stereocenters. The Labute approximate surface area is 32.6 Å². The van der Waals surface area contributed by atoms with Crippen molar-refractivity contribution in [1.82, 2.24) is 0 Å². The molecule has 0 saturated carbocycles. The highest BCUT2D eigenvalue weighted by Crippen LogP contribution is 1.84. The molecule has 0 aromatic carbocycles. The van der Waals surface area contributed by atoms with Crippen molar-refractivity contribution in [3.63, 3.8) is 0 Å². The lowest BCUT2D eigenvalue weighted by molar-refractivity contribution is 0.373. The number of unbranched alkanes of at least 4 members (excludes halogenated alkanes) is 1. The number of hydrogen-bond acceptors (Lipinski definition) is 1. The smallest absolute Gasteiger partial charge is 0.0677 e. The number of hydrogen-bond donors (Lipinski definition) is 1. The molecule has 0 amide bonds. The number of aliphatic hydroxyl groups excluding tert-OH is 1. The molecule has 0 unspecified atom stereocenters. The monoisotopic (exact) mass is 73.1 g/mol. The van der Waals surface area contributed by atoms with Crippen LogP contribution in [0.4, 0.5) is 0 Å². The Morgan fingerprint density at radius 2 is 2.40 bits per heavy atom. The molecular weight excluding hydrogens is 64.0 g/mol. The van der Waals surface area contributed by atoms with Crippen LogP contribution in [-0.4, -0.2) is 5.11 Å². The first-order valence-electron chi connectivity index (χ1n) is 1.87. The molecule has 0 saturated heterocycles. The van der Waals surface area contributed by atoms with Crippen LogP contribution in [0.5, 0.6) is 0 Å². The second kappa shape index (κ2) is 3.96. The quantitative estimate of drug-likeness (QED) is 0.489. The van der Waals surface area contributed by atoms with Crippen molar-refractivity contribution in [3.8, 4) is 0 Å². The molecule has 32 valence electrons. The third-order valence-corrected chi connectivity index (χ3v) is 0.418. The van der Waals surface area contributed by atoms with Gasteiger partial charge >= 0.3 is 0 Å². The largest absolute Gasteiger partial charge is 0.566 e. The second-order valence-electron chi connectivity index (χ2n) is 0.971. The van der Waals surface area contributed by atoms with Crippen molar-refractivity contribution < 1.29 is 5.11 Å². The maximum Gasteiger partial charge on any atom is -0.0677 e. The maximum absolute atomic E-state index is 7.94. The zero-order valence-corrected chi connectivity index (χ0v) is 3.44. The molecule has 0 aromatic heterocycles. The van der Waals surface area contributed by atoms with Gasteiger partial charge in [-0.1, -0.05) is 13.3 Å². The van der Waals surface area contributed by atoms with E-state index in [1.54, 1.807) is 0 Å². The summed E-state index contributed by atoms with van der Waals surface area (Å²) in [6, 6.07) is 0. The number of aliphatic hydroxyl groups is 1. The minimum atomic E-state index is 0.819. The van der Waals surface area contributed by atoms with Crippen molar-refractivity contribution in [3.05, 3.63) is 6.61 Å². The fraction of sp³-hybridized carbons (Fsp3) is 0.750. The first-order valence-corrected chi connectivity index (χ1v) is 1.87. The second-order valence-corrected chi connectivity index (χ2v) is 0.971. The molecule has 1 heteroatoms. The van der Waals surface area contributed by atoms with Gasteiger partial charge in [-0.2, -0.15) is 6.42 Å². The molecule has 1 nitrogen and oxygen atoms in total. The molecule has 0 bridgehead atoms. The van der Waals surface area contributed by atoms with E-state index in [2.05, 4.69) is 0 Å². The van der Waals surface area contributed by atoms with E-state index in [-0.39, 0.29) is 0 Å². The fourth-order valence-corrected chi connectivity index (χ4v) is 0.129. The lowest BCUT2D eigenvalue weighted by Crippen LogP contribution is -1.65. The van der Waals surface area contributed by atoms with Gasteiger partial charge in [-0.3, -0.25) is 0 Å². The van der Waals surface area contributed by atoms with Gasteiger partial charge in [-0.25, -0.2) is 6.61 Å². The minimum Gasteiger partial charge on any atom is -0.566 e. The van der Waals surface area contributed by atoms with Crippen molar-refractivity contribution in [2.75, 3.05) is 0 Å². The van der Waals surface area contributed by atoms with Crippen LogP contribution >= 0.6 is 0 Å². The highest BCUT2D eigenvalue weighted by Gasteiger charge is 1.57. The Bertz CT molecular complexity index is 11.1. The first kappa shape index (κ1) is 4.96. The van der Waals surface area contributed by atoms with E-state index in [0.29, 0.717) is 0 Å². The predicted molar refractivity (Wildman–Crippen MR) is 21.1 cm³/mol. The van der Waals surface area contributed by atoms with Crippen LogP contribution in [0.2, 0.25) is 0 Å². The third-order valence-electron chi connectivity index (χ3n) is 0.418. The molecule has 0 aliphatic rings. The SMILES string of the molecule is CCC[CH-]O. The average Bonchev–Trinajstić information content (AvgIpc) is 1.41. The summed E-state index contributed by atoms with van der Waals surface area (Å²) in [6.07, 6.45) is 1.86. The molecule has 0 rings (SSSR count). The van der Waals surface area contributed by atoms with Gasteiger partial charge in [0.2, 0.25) is 0 Å². The Kier molecular flexibility index (Phi) is 3.93. The summed E-state index contributed by atoms with van der Waals surface area (Å²) in [4.78, 5) is 0. The molecule has 0 fully saturated rings. The molecule has 0 radical (unpaired) electrons. The first-order chi connectivity index (χ1) is 2.41. The van der Waals surface area contributed by atoms with E-state index in [1.165, 1.54) is 6.61 Å². The Morgan fingerprint density at radius 3 is 2.40 bits per heavy atom. The van der Waals surface area contributed by atoms with E-state index in [0.717, 1.165) is 12.8 Å².